The Bertz CT molecular complexity index is 370. The van der Waals surface area contributed by atoms with Crippen molar-refractivity contribution in [2.45, 2.75) is 58.3 Å². The van der Waals surface area contributed by atoms with Crippen molar-refractivity contribution in [1.82, 2.24) is 0 Å². The Morgan fingerprint density at radius 2 is 1.68 bits per heavy atom. The average molecular weight is 266 g/mol. The minimum Gasteiger partial charge on any atom is -0.422 e. The summed E-state index contributed by atoms with van der Waals surface area (Å²) >= 11 is 0. The lowest BCUT2D eigenvalue weighted by Crippen LogP contribution is -2.25. The zero-order valence-corrected chi connectivity index (χ0v) is 11.6. The van der Waals surface area contributed by atoms with E-state index in [1.54, 1.807) is 0 Å². The van der Waals surface area contributed by atoms with Gasteiger partial charge in [0.25, 0.3) is 0 Å². The number of ketones is 2. The van der Waals surface area contributed by atoms with Gasteiger partial charge in [-0.15, -0.1) is 0 Å². The van der Waals surface area contributed by atoms with Crippen LogP contribution in [-0.2, 0) is 19.1 Å². The van der Waals surface area contributed by atoms with Crippen molar-refractivity contribution >= 4 is 17.5 Å². The zero-order chi connectivity index (χ0) is 14.3. The van der Waals surface area contributed by atoms with Gasteiger partial charge in [0.2, 0.25) is 5.78 Å². The number of unbranched alkanes of at least 4 members (excludes halogenated alkanes) is 6. The smallest absolute Gasteiger partial charge is 0.330 e. The Kier molecular flexibility index (Phi) is 6.46. The highest BCUT2D eigenvalue weighted by Gasteiger charge is 2.43. The molecule has 0 aromatic carbocycles. The first kappa shape index (κ1) is 15.6. The molecule has 0 spiro atoms. The third-order valence-corrected chi connectivity index (χ3v) is 3.35. The highest BCUT2D eigenvalue weighted by molar-refractivity contribution is 6.25. The molecule has 4 nitrogen and oxygen atoms in total. The second kappa shape index (κ2) is 7.87. The summed E-state index contributed by atoms with van der Waals surface area (Å²) < 4.78 is 4.58. The van der Waals surface area contributed by atoms with Crippen LogP contribution in [0.15, 0.2) is 12.3 Å². The van der Waals surface area contributed by atoms with Crippen molar-refractivity contribution < 1.29 is 19.1 Å². The second-order valence-electron chi connectivity index (χ2n) is 4.98. The third-order valence-electron chi connectivity index (χ3n) is 3.35. The number of cyclic esters (lactones) is 1. The van der Waals surface area contributed by atoms with Gasteiger partial charge < -0.3 is 4.74 Å². The lowest BCUT2D eigenvalue weighted by Gasteiger charge is -2.03. The predicted octanol–water partition coefficient (Wildman–Crippen LogP) is 2.95. The number of carbonyl (C=O) groups is 3. The van der Waals surface area contributed by atoms with Crippen molar-refractivity contribution in [3.8, 4) is 0 Å². The molecule has 0 bridgehead atoms. The molecule has 1 rings (SSSR count). The molecule has 1 atom stereocenters. The number of hydrogen-bond donors (Lipinski definition) is 0. The number of Topliss-reactive ketones (excluding diaryl/α,β-unsaturated/α-hetero) is 2. The van der Waals surface area contributed by atoms with Gasteiger partial charge in [0.05, 0.1) is 0 Å². The Hall–Kier alpha value is -1.45. The molecule has 0 radical (unpaired) electrons. The standard InChI is InChI=1S/C15H22O4/c1-3-4-5-6-7-8-9-10-12(16)13-14(17)11(2)19-15(13)18/h13H,2-10H2,1H3. The molecule has 0 aromatic heterocycles. The first-order chi connectivity index (χ1) is 9.07. The van der Waals surface area contributed by atoms with Crippen LogP contribution >= 0.6 is 0 Å². The molecule has 1 aliphatic heterocycles. The number of esters is 1. The number of ether oxygens (including phenoxy) is 1. The zero-order valence-electron chi connectivity index (χ0n) is 11.6. The van der Waals surface area contributed by atoms with Crippen LogP contribution in [0, 0.1) is 5.92 Å². The highest BCUT2D eigenvalue weighted by atomic mass is 16.5. The summed E-state index contributed by atoms with van der Waals surface area (Å²) in [4.78, 5) is 34.6. The van der Waals surface area contributed by atoms with Gasteiger partial charge in [-0.05, 0) is 6.42 Å². The molecule has 1 saturated heterocycles. The van der Waals surface area contributed by atoms with E-state index >= 15 is 0 Å². The van der Waals surface area contributed by atoms with E-state index in [1.807, 2.05) is 0 Å². The van der Waals surface area contributed by atoms with Gasteiger partial charge in [-0.1, -0.05) is 52.0 Å². The first-order valence-electron chi connectivity index (χ1n) is 7.05. The Morgan fingerprint density at radius 3 is 2.21 bits per heavy atom. The summed E-state index contributed by atoms with van der Waals surface area (Å²) in [7, 11) is 0. The van der Waals surface area contributed by atoms with Crippen LogP contribution in [0.25, 0.3) is 0 Å². The van der Waals surface area contributed by atoms with Crippen LogP contribution in [-0.4, -0.2) is 17.5 Å². The van der Waals surface area contributed by atoms with Crippen LogP contribution in [0.1, 0.15) is 58.3 Å². The van der Waals surface area contributed by atoms with Gasteiger partial charge in [0.1, 0.15) is 0 Å². The minimum atomic E-state index is -1.24. The summed E-state index contributed by atoms with van der Waals surface area (Å²) in [5.41, 5.74) is 0. The SMILES string of the molecule is C=C1OC(=O)C(C(=O)CCCCCCCCC)C1=O. The Labute approximate surface area is 114 Å². The number of carbonyl (C=O) groups excluding carboxylic acids is 3. The van der Waals surface area contributed by atoms with Crippen LogP contribution in [0.3, 0.4) is 0 Å². The molecule has 1 heterocycles. The molecule has 4 heteroatoms. The van der Waals surface area contributed by atoms with Gasteiger partial charge in [0.15, 0.2) is 17.5 Å². The maximum Gasteiger partial charge on any atom is 0.330 e. The normalized spacial score (nSPS) is 18.8. The monoisotopic (exact) mass is 266 g/mol. The third kappa shape index (κ3) is 4.62. The van der Waals surface area contributed by atoms with Gasteiger partial charge in [-0.2, -0.15) is 0 Å². The molecule has 0 N–H and O–H groups in total. The largest absolute Gasteiger partial charge is 0.422 e. The van der Waals surface area contributed by atoms with E-state index in [1.165, 1.54) is 25.7 Å². The molecule has 1 fully saturated rings. The second-order valence-corrected chi connectivity index (χ2v) is 4.98. The molecule has 19 heavy (non-hydrogen) atoms. The molecule has 0 aromatic rings. The lowest BCUT2D eigenvalue weighted by atomic mass is 9.96. The first-order valence-corrected chi connectivity index (χ1v) is 7.05. The van der Waals surface area contributed by atoms with Crippen molar-refractivity contribution in [2.24, 2.45) is 5.92 Å². The summed E-state index contributed by atoms with van der Waals surface area (Å²) in [5, 5.41) is 0. The minimum absolute atomic E-state index is 0.206. The van der Waals surface area contributed by atoms with Gasteiger partial charge >= 0.3 is 5.97 Å². The molecule has 1 unspecified atom stereocenters. The topological polar surface area (TPSA) is 60.4 Å². The van der Waals surface area contributed by atoms with E-state index in [4.69, 9.17) is 0 Å². The molecule has 0 amide bonds. The fourth-order valence-corrected chi connectivity index (χ4v) is 2.18. The molecular formula is C15H22O4. The van der Waals surface area contributed by atoms with Gasteiger partial charge in [0, 0.05) is 6.42 Å². The van der Waals surface area contributed by atoms with E-state index in [9.17, 15) is 14.4 Å². The quantitative estimate of drug-likeness (QED) is 0.278. The number of hydrogen-bond acceptors (Lipinski definition) is 4. The van der Waals surface area contributed by atoms with E-state index in [2.05, 4.69) is 18.2 Å². The van der Waals surface area contributed by atoms with Crippen LogP contribution in [0.2, 0.25) is 0 Å². The van der Waals surface area contributed by atoms with Gasteiger partial charge in [-0.25, -0.2) is 0 Å². The van der Waals surface area contributed by atoms with Crippen molar-refractivity contribution in [1.29, 1.82) is 0 Å². The van der Waals surface area contributed by atoms with Crippen LogP contribution < -0.4 is 0 Å². The average Bonchev–Trinajstić information content (AvgIpc) is 2.62. The fraction of sp³-hybridized carbons (Fsp3) is 0.667. The fourth-order valence-electron chi connectivity index (χ4n) is 2.18. The molecular weight excluding hydrogens is 244 g/mol. The Balaban J connectivity index is 2.19. The predicted molar refractivity (Wildman–Crippen MR) is 71.3 cm³/mol. The van der Waals surface area contributed by atoms with E-state index in [-0.39, 0.29) is 18.0 Å². The summed E-state index contributed by atoms with van der Waals surface area (Å²) in [6.07, 6.45) is 7.95. The van der Waals surface area contributed by atoms with Crippen LogP contribution in [0.4, 0.5) is 0 Å². The summed E-state index contributed by atoms with van der Waals surface area (Å²) in [6, 6.07) is 0. The maximum absolute atomic E-state index is 11.8. The molecule has 0 saturated carbocycles. The van der Waals surface area contributed by atoms with Crippen molar-refractivity contribution in [2.75, 3.05) is 0 Å². The highest BCUT2D eigenvalue weighted by Crippen LogP contribution is 2.22. The molecule has 106 valence electrons. The van der Waals surface area contributed by atoms with Gasteiger partial charge in [-0.3, -0.25) is 14.4 Å². The van der Waals surface area contributed by atoms with Crippen molar-refractivity contribution in [3.63, 3.8) is 0 Å². The van der Waals surface area contributed by atoms with Crippen LogP contribution in [0.5, 0.6) is 0 Å². The lowest BCUT2D eigenvalue weighted by molar-refractivity contribution is -0.143. The summed E-state index contributed by atoms with van der Waals surface area (Å²) in [6.45, 7) is 5.48. The number of rotatable bonds is 9. The molecule has 0 aliphatic carbocycles. The Morgan fingerprint density at radius 1 is 1.11 bits per heavy atom. The summed E-state index contributed by atoms with van der Waals surface area (Å²) in [5.74, 6) is -3.11. The maximum atomic E-state index is 11.8. The molecule has 1 aliphatic rings. The van der Waals surface area contributed by atoms with E-state index < -0.39 is 17.7 Å². The van der Waals surface area contributed by atoms with E-state index in [0.29, 0.717) is 0 Å². The number of allylic oxidation sites excluding steroid dienone is 1. The van der Waals surface area contributed by atoms with Crippen molar-refractivity contribution in [3.05, 3.63) is 12.3 Å². The van der Waals surface area contributed by atoms with E-state index in [0.717, 1.165) is 19.3 Å².